The zero-order valence-electron chi connectivity index (χ0n) is 11.2. The number of nitrogens with one attached hydrogen (secondary N) is 1. The minimum Gasteiger partial charge on any atom is -0.490 e. The van der Waals surface area contributed by atoms with Gasteiger partial charge in [-0.25, -0.2) is 9.97 Å². The van der Waals surface area contributed by atoms with E-state index in [0.717, 1.165) is 0 Å². The average molecular weight is 277 g/mol. The van der Waals surface area contributed by atoms with Crippen molar-refractivity contribution in [3.63, 3.8) is 0 Å². The molecule has 0 aliphatic carbocycles. The molecule has 4 nitrogen and oxygen atoms in total. The van der Waals surface area contributed by atoms with Gasteiger partial charge in [-0.1, -0.05) is 13.8 Å². The van der Waals surface area contributed by atoms with Gasteiger partial charge in [0.1, 0.15) is 5.82 Å². The highest BCUT2D eigenvalue weighted by Gasteiger charge is 2.27. The first-order valence-electron chi connectivity index (χ1n) is 6.03. The third-order valence-electron chi connectivity index (χ3n) is 2.35. The van der Waals surface area contributed by atoms with Crippen LogP contribution in [0.5, 0.6) is 5.75 Å². The quantitative estimate of drug-likeness (QED) is 0.868. The minimum atomic E-state index is -4.22. The van der Waals surface area contributed by atoms with Crippen LogP contribution < -0.4 is 10.1 Å². The fourth-order valence-corrected chi connectivity index (χ4v) is 1.39. The summed E-state index contributed by atoms with van der Waals surface area (Å²) in [6.07, 6.45) is -3.77. The van der Waals surface area contributed by atoms with Crippen molar-refractivity contribution >= 4 is 0 Å². The fourth-order valence-electron chi connectivity index (χ4n) is 1.39. The molecule has 0 bridgehead atoms. The summed E-state index contributed by atoms with van der Waals surface area (Å²) < 4.78 is 41.3. The van der Waals surface area contributed by atoms with E-state index in [1.54, 1.807) is 7.05 Å². The maximum atomic E-state index is 12.1. The van der Waals surface area contributed by atoms with Gasteiger partial charge in [0.15, 0.2) is 5.75 Å². The smallest absolute Gasteiger partial charge is 0.392 e. The van der Waals surface area contributed by atoms with Crippen LogP contribution in [0, 0.1) is 0 Å². The van der Waals surface area contributed by atoms with E-state index in [0.29, 0.717) is 23.8 Å². The molecule has 0 aliphatic heterocycles. The second-order valence-electron chi connectivity index (χ2n) is 4.44. The predicted octanol–water partition coefficient (Wildman–Crippen LogP) is 2.65. The number of hydrogen-bond acceptors (Lipinski definition) is 4. The Labute approximate surface area is 110 Å². The van der Waals surface area contributed by atoms with Crippen molar-refractivity contribution in [3.05, 3.63) is 17.7 Å². The molecule has 0 aromatic carbocycles. The van der Waals surface area contributed by atoms with Gasteiger partial charge in [0, 0.05) is 12.5 Å². The molecule has 0 atom stereocenters. The van der Waals surface area contributed by atoms with Crippen molar-refractivity contribution in [2.24, 2.45) is 0 Å². The Hall–Kier alpha value is -1.37. The van der Waals surface area contributed by atoms with Crippen molar-refractivity contribution in [2.75, 3.05) is 13.7 Å². The van der Waals surface area contributed by atoms with Crippen molar-refractivity contribution < 1.29 is 17.9 Å². The van der Waals surface area contributed by atoms with Gasteiger partial charge in [0.2, 0.25) is 0 Å². The molecule has 0 saturated carbocycles. The van der Waals surface area contributed by atoms with E-state index in [9.17, 15) is 13.2 Å². The highest BCUT2D eigenvalue weighted by molar-refractivity contribution is 5.25. The maximum absolute atomic E-state index is 12.1. The van der Waals surface area contributed by atoms with Crippen LogP contribution in [0.1, 0.15) is 37.7 Å². The minimum absolute atomic E-state index is 0.153. The van der Waals surface area contributed by atoms with E-state index in [4.69, 9.17) is 4.74 Å². The van der Waals surface area contributed by atoms with Gasteiger partial charge in [-0.2, -0.15) is 13.2 Å². The summed E-state index contributed by atoms with van der Waals surface area (Å²) in [5.41, 5.74) is 0.573. The van der Waals surface area contributed by atoms with E-state index in [1.807, 2.05) is 13.8 Å². The lowest BCUT2D eigenvalue weighted by Gasteiger charge is -2.13. The second kappa shape index (κ2) is 6.70. The molecule has 0 amide bonds. The molecule has 1 aromatic rings. The molecule has 7 heteroatoms. The normalized spacial score (nSPS) is 11.9. The summed E-state index contributed by atoms with van der Waals surface area (Å²) >= 11 is 0. The van der Waals surface area contributed by atoms with Gasteiger partial charge in [0.25, 0.3) is 0 Å². The third-order valence-corrected chi connectivity index (χ3v) is 2.35. The molecule has 0 aliphatic rings. The molecule has 1 heterocycles. The Kier molecular flexibility index (Phi) is 5.53. The van der Waals surface area contributed by atoms with Crippen molar-refractivity contribution in [1.82, 2.24) is 15.3 Å². The Morgan fingerprint density at radius 3 is 2.58 bits per heavy atom. The van der Waals surface area contributed by atoms with E-state index in [2.05, 4.69) is 15.3 Å². The van der Waals surface area contributed by atoms with Crippen molar-refractivity contribution in [3.8, 4) is 5.75 Å². The topological polar surface area (TPSA) is 47.0 Å². The predicted molar refractivity (Wildman–Crippen MR) is 65.1 cm³/mol. The summed E-state index contributed by atoms with van der Waals surface area (Å²) in [5, 5.41) is 2.90. The molecule has 108 valence electrons. The number of alkyl halides is 3. The first-order valence-corrected chi connectivity index (χ1v) is 6.03. The molecule has 1 aromatic heterocycles. The third kappa shape index (κ3) is 5.42. The number of rotatable bonds is 6. The van der Waals surface area contributed by atoms with E-state index in [1.165, 1.54) is 6.20 Å². The number of hydrogen-bond donors (Lipinski definition) is 1. The van der Waals surface area contributed by atoms with Crippen LogP contribution in [0.25, 0.3) is 0 Å². The van der Waals surface area contributed by atoms with Gasteiger partial charge in [-0.3, -0.25) is 0 Å². The molecule has 0 saturated heterocycles. The standard InChI is InChI=1S/C12H18F3N3O/c1-8(2)11-17-7-10(9(18-11)6-16-3)19-5-4-12(13,14)15/h7-8,16H,4-6H2,1-3H3. The molecular weight excluding hydrogens is 259 g/mol. The highest BCUT2D eigenvalue weighted by Crippen LogP contribution is 2.22. The van der Waals surface area contributed by atoms with E-state index < -0.39 is 19.2 Å². The summed E-state index contributed by atoms with van der Waals surface area (Å²) in [5.74, 6) is 1.09. The lowest BCUT2D eigenvalue weighted by atomic mass is 10.2. The summed E-state index contributed by atoms with van der Waals surface area (Å²) in [6.45, 7) is 3.89. The zero-order valence-corrected chi connectivity index (χ0v) is 11.2. The summed E-state index contributed by atoms with van der Waals surface area (Å²) in [7, 11) is 1.73. The van der Waals surface area contributed by atoms with Crippen molar-refractivity contribution in [1.29, 1.82) is 0 Å². The van der Waals surface area contributed by atoms with Crippen LogP contribution in [-0.4, -0.2) is 29.8 Å². The molecule has 19 heavy (non-hydrogen) atoms. The molecule has 0 unspecified atom stereocenters. The van der Waals surface area contributed by atoms with E-state index in [-0.39, 0.29) is 5.92 Å². The van der Waals surface area contributed by atoms with E-state index >= 15 is 0 Å². The van der Waals surface area contributed by atoms with Gasteiger partial charge in [0.05, 0.1) is 24.9 Å². The maximum Gasteiger partial charge on any atom is 0.392 e. The fraction of sp³-hybridized carbons (Fsp3) is 0.667. The summed E-state index contributed by atoms with van der Waals surface area (Å²) in [4.78, 5) is 8.39. The molecular formula is C12H18F3N3O. The monoisotopic (exact) mass is 277 g/mol. The largest absolute Gasteiger partial charge is 0.490 e. The van der Waals surface area contributed by atoms with Gasteiger partial charge in [-0.05, 0) is 7.05 Å². The lowest BCUT2D eigenvalue weighted by Crippen LogP contribution is -2.16. The number of halogens is 3. The molecule has 0 radical (unpaired) electrons. The Morgan fingerprint density at radius 2 is 2.05 bits per heavy atom. The van der Waals surface area contributed by atoms with Crippen LogP contribution >= 0.6 is 0 Å². The number of ether oxygens (including phenoxy) is 1. The van der Waals surface area contributed by atoms with Crippen molar-refractivity contribution in [2.45, 2.75) is 38.9 Å². The first-order chi connectivity index (χ1) is 8.83. The number of nitrogens with zero attached hydrogens (tertiary/aromatic N) is 2. The van der Waals surface area contributed by atoms with Crippen LogP contribution in [0.15, 0.2) is 6.20 Å². The highest BCUT2D eigenvalue weighted by atomic mass is 19.4. The molecule has 1 rings (SSSR count). The molecule has 0 spiro atoms. The number of aromatic nitrogens is 2. The van der Waals surface area contributed by atoms with Crippen LogP contribution in [0.4, 0.5) is 13.2 Å². The van der Waals surface area contributed by atoms with Gasteiger partial charge in [-0.15, -0.1) is 0 Å². The molecule has 1 N–H and O–H groups in total. The second-order valence-corrected chi connectivity index (χ2v) is 4.44. The Morgan fingerprint density at radius 1 is 1.37 bits per heavy atom. The van der Waals surface area contributed by atoms with Crippen LogP contribution in [0.3, 0.4) is 0 Å². The first kappa shape index (κ1) is 15.7. The SMILES string of the molecule is CNCc1nc(C(C)C)ncc1OCCC(F)(F)F. The van der Waals surface area contributed by atoms with Crippen LogP contribution in [-0.2, 0) is 6.54 Å². The Bertz CT molecular complexity index is 408. The lowest BCUT2D eigenvalue weighted by molar-refractivity contribution is -0.139. The molecule has 0 fully saturated rings. The van der Waals surface area contributed by atoms with Gasteiger partial charge >= 0.3 is 6.18 Å². The van der Waals surface area contributed by atoms with Crippen LogP contribution in [0.2, 0.25) is 0 Å². The Balaban J connectivity index is 2.76. The zero-order chi connectivity index (χ0) is 14.5. The van der Waals surface area contributed by atoms with Gasteiger partial charge < -0.3 is 10.1 Å². The average Bonchev–Trinajstić information content (AvgIpc) is 2.29. The summed E-state index contributed by atoms with van der Waals surface area (Å²) in [6, 6.07) is 0.